The van der Waals surface area contributed by atoms with E-state index in [4.69, 9.17) is 14.2 Å². The number of methoxy groups -OCH3 is 2. The second kappa shape index (κ2) is 9.48. The van der Waals surface area contributed by atoms with E-state index in [1.807, 2.05) is 5.32 Å². The van der Waals surface area contributed by atoms with Crippen molar-refractivity contribution < 1.29 is 32.6 Å². The molecule has 3 amide bonds. The Balaban J connectivity index is 1.63. The zero-order chi connectivity index (χ0) is 22.4. The Labute approximate surface area is 175 Å². The van der Waals surface area contributed by atoms with E-state index in [9.17, 15) is 18.4 Å². The van der Waals surface area contributed by atoms with E-state index in [0.29, 0.717) is 5.75 Å². The molecule has 0 spiro atoms. The molecule has 2 N–H and O–H groups in total. The zero-order valence-corrected chi connectivity index (χ0v) is 16.3. The van der Waals surface area contributed by atoms with Crippen LogP contribution in [0.15, 0.2) is 48.5 Å². The number of rotatable bonds is 6. The van der Waals surface area contributed by atoms with Crippen LogP contribution in [0, 0.1) is 11.6 Å². The van der Waals surface area contributed by atoms with Gasteiger partial charge in [-0.25, -0.2) is 13.6 Å². The van der Waals surface area contributed by atoms with Crippen LogP contribution in [-0.4, -0.2) is 36.1 Å². The summed E-state index contributed by atoms with van der Waals surface area (Å²) in [6.45, 7) is 0. The number of nitrogens with one attached hydrogen (secondary N) is 2. The van der Waals surface area contributed by atoms with Gasteiger partial charge in [-0.15, -0.1) is 0 Å². The van der Waals surface area contributed by atoms with E-state index in [-0.39, 0.29) is 23.5 Å². The molecule has 0 fully saturated rings. The summed E-state index contributed by atoms with van der Waals surface area (Å²) >= 11 is 0. The van der Waals surface area contributed by atoms with Crippen molar-refractivity contribution in [2.45, 2.75) is 0 Å². The van der Waals surface area contributed by atoms with Crippen molar-refractivity contribution in [1.29, 1.82) is 0 Å². The molecule has 2 aromatic carbocycles. The molecule has 0 aliphatic carbocycles. The normalized spacial score (nSPS) is 10.2. The maximum Gasteiger partial charge on any atom is 0.328 e. The highest BCUT2D eigenvalue weighted by molar-refractivity contribution is 6.08. The molecule has 3 aromatic rings. The molecule has 0 radical (unpaired) electrons. The highest BCUT2D eigenvalue weighted by Crippen LogP contribution is 2.24. The number of halogens is 2. The third-order valence-electron chi connectivity index (χ3n) is 3.82. The van der Waals surface area contributed by atoms with Crippen molar-refractivity contribution in [2.24, 2.45) is 0 Å². The van der Waals surface area contributed by atoms with Gasteiger partial charge in [0.05, 0.1) is 20.3 Å². The molecular weight excluding hydrogens is 414 g/mol. The van der Waals surface area contributed by atoms with E-state index in [1.54, 1.807) is 0 Å². The fraction of sp³-hybridized carbons (Fsp3) is 0.100. The molecule has 0 unspecified atom stereocenters. The molecule has 11 heteroatoms. The number of carbonyl (C=O) groups excluding carboxylic acids is 2. The van der Waals surface area contributed by atoms with Crippen LogP contribution < -0.4 is 24.8 Å². The number of ether oxygens (including phenoxy) is 3. The number of imide groups is 1. The number of urea groups is 1. The standard InChI is InChI=1S/C20H16F2N4O5/c1-29-15-10-16(30-2)25-20(24-15)31-12-8-6-11(7-9-12)23-19(28)26-18(27)17-13(21)4-3-5-14(17)22/h3-10H,1-2H3,(H2,23,26,27,28). The monoisotopic (exact) mass is 430 g/mol. The lowest BCUT2D eigenvalue weighted by Gasteiger charge is -2.10. The van der Waals surface area contributed by atoms with Crippen LogP contribution in [0.4, 0.5) is 19.3 Å². The minimum absolute atomic E-state index is 0.0211. The van der Waals surface area contributed by atoms with E-state index < -0.39 is 29.1 Å². The number of benzene rings is 2. The summed E-state index contributed by atoms with van der Waals surface area (Å²) in [6.07, 6.45) is 0. The SMILES string of the molecule is COc1cc(OC)nc(Oc2ccc(NC(=O)NC(=O)c3c(F)cccc3F)cc2)n1. The van der Waals surface area contributed by atoms with E-state index in [2.05, 4.69) is 15.3 Å². The van der Waals surface area contributed by atoms with Crippen LogP contribution in [0.5, 0.6) is 23.5 Å². The molecule has 1 aromatic heterocycles. The third kappa shape index (κ3) is 5.41. The quantitative estimate of drug-likeness (QED) is 0.615. The van der Waals surface area contributed by atoms with Gasteiger partial charge in [-0.05, 0) is 36.4 Å². The van der Waals surface area contributed by atoms with Crippen LogP contribution in [-0.2, 0) is 0 Å². The fourth-order valence-electron chi connectivity index (χ4n) is 2.39. The topological polar surface area (TPSA) is 112 Å². The first kappa shape index (κ1) is 21.4. The maximum absolute atomic E-state index is 13.6. The van der Waals surface area contributed by atoms with Gasteiger partial charge in [0.2, 0.25) is 11.8 Å². The molecule has 31 heavy (non-hydrogen) atoms. The van der Waals surface area contributed by atoms with Gasteiger partial charge in [-0.2, -0.15) is 9.97 Å². The highest BCUT2D eigenvalue weighted by atomic mass is 19.1. The maximum atomic E-state index is 13.6. The van der Waals surface area contributed by atoms with Gasteiger partial charge in [-0.1, -0.05) is 6.07 Å². The Kier molecular flexibility index (Phi) is 6.55. The first-order valence-corrected chi connectivity index (χ1v) is 8.71. The predicted octanol–water partition coefficient (Wildman–Crippen LogP) is 3.53. The number of nitrogens with zero attached hydrogens (tertiary/aromatic N) is 2. The third-order valence-corrected chi connectivity index (χ3v) is 3.82. The van der Waals surface area contributed by atoms with Crippen LogP contribution >= 0.6 is 0 Å². The molecule has 0 aliphatic heterocycles. The molecule has 1 heterocycles. The number of hydrogen-bond acceptors (Lipinski definition) is 7. The summed E-state index contributed by atoms with van der Waals surface area (Å²) < 4.78 is 42.8. The van der Waals surface area contributed by atoms with Gasteiger partial charge in [0, 0.05) is 5.69 Å². The lowest BCUT2D eigenvalue weighted by Crippen LogP contribution is -2.35. The largest absolute Gasteiger partial charge is 0.481 e. The smallest absolute Gasteiger partial charge is 0.328 e. The first-order valence-electron chi connectivity index (χ1n) is 8.71. The average Bonchev–Trinajstić information content (AvgIpc) is 2.74. The molecular formula is C20H16F2N4O5. The molecule has 0 aliphatic rings. The summed E-state index contributed by atoms with van der Waals surface area (Å²) in [5, 5.41) is 4.22. The lowest BCUT2D eigenvalue weighted by atomic mass is 10.2. The van der Waals surface area contributed by atoms with E-state index in [0.717, 1.165) is 18.2 Å². The van der Waals surface area contributed by atoms with Crippen LogP contribution in [0.3, 0.4) is 0 Å². The van der Waals surface area contributed by atoms with Gasteiger partial charge < -0.3 is 19.5 Å². The Morgan fingerprint density at radius 2 is 1.48 bits per heavy atom. The zero-order valence-electron chi connectivity index (χ0n) is 16.3. The molecule has 0 saturated carbocycles. The van der Waals surface area contributed by atoms with Crippen molar-refractivity contribution in [2.75, 3.05) is 19.5 Å². The summed E-state index contributed by atoms with van der Waals surface area (Å²) in [7, 11) is 2.87. The minimum Gasteiger partial charge on any atom is -0.481 e. The van der Waals surface area contributed by atoms with Gasteiger partial charge >= 0.3 is 12.0 Å². The fourth-order valence-corrected chi connectivity index (χ4v) is 2.39. The van der Waals surface area contributed by atoms with Crippen molar-refractivity contribution in [3.05, 3.63) is 65.7 Å². The van der Waals surface area contributed by atoms with Crippen molar-refractivity contribution in [1.82, 2.24) is 15.3 Å². The van der Waals surface area contributed by atoms with Crippen molar-refractivity contribution in [3.63, 3.8) is 0 Å². The second-order valence-electron chi connectivity index (χ2n) is 5.87. The summed E-state index contributed by atoms with van der Waals surface area (Å²) in [5.74, 6) is -2.55. The molecule has 0 saturated heterocycles. The summed E-state index contributed by atoms with van der Waals surface area (Å²) in [6, 6.07) is 9.37. The number of carbonyl (C=O) groups is 2. The Morgan fingerprint density at radius 3 is 2.03 bits per heavy atom. The van der Waals surface area contributed by atoms with Crippen LogP contribution in [0.2, 0.25) is 0 Å². The van der Waals surface area contributed by atoms with Crippen molar-refractivity contribution in [3.8, 4) is 23.5 Å². The number of hydrogen-bond donors (Lipinski definition) is 2. The molecule has 3 rings (SSSR count). The molecule has 0 atom stereocenters. The van der Waals surface area contributed by atoms with Gasteiger partial charge in [0.1, 0.15) is 22.9 Å². The average molecular weight is 430 g/mol. The lowest BCUT2D eigenvalue weighted by molar-refractivity contribution is 0.0959. The van der Waals surface area contributed by atoms with Gasteiger partial charge in [-0.3, -0.25) is 10.1 Å². The van der Waals surface area contributed by atoms with Crippen LogP contribution in [0.25, 0.3) is 0 Å². The molecule has 0 bridgehead atoms. The highest BCUT2D eigenvalue weighted by Gasteiger charge is 2.19. The molecule has 160 valence electrons. The number of amides is 3. The predicted molar refractivity (Wildman–Crippen MR) is 104 cm³/mol. The van der Waals surface area contributed by atoms with E-state index in [1.165, 1.54) is 44.6 Å². The van der Waals surface area contributed by atoms with Crippen LogP contribution in [0.1, 0.15) is 10.4 Å². The van der Waals surface area contributed by atoms with Gasteiger partial charge in [0.15, 0.2) is 0 Å². The molecule has 9 nitrogen and oxygen atoms in total. The first-order chi connectivity index (χ1) is 14.9. The Morgan fingerprint density at radius 1 is 0.903 bits per heavy atom. The summed E-state index contributed by atoms with van der Waals surface area (Å²) in [5.41, 5.74) is -0.564. The van der Waals surface area contributed by atoms with Gasteiger partial charge in [0.25, 0.3) is 5.91 Å². The number of aromatic nitrogens is 2. The minimum atomic E-state index is -1.21. The van der Waals surface area contributed by atoms with Crippen molar-refractivity contribution >= 4 is 17.6 Å². The second-order valence-corrected chi connectivity index (χ2v) is 5.87. The Hall–Kier alpha value is -4.28. The Bertz CT molecular complexity index is 1070. The van der Waals surface area contributed by atoms with E-state index >= 15 is 0 Å². The number of anilines is 1. The summed E-state index contributed by atoms with van der Waals surface area (Å²) in [4.78, 5) is 32.0.